The van der Waals surface area contributed by atoms with Crippen LogP contribution in [0.4, 0.5) is 14.5 Å². The van der Waals surface area contributed by atoms with Crippen molar-refractivity contribution >= 4 is 38.5 Å². The highest BCUT2D eigenvalue weighted by atomic mass is 32.2. The van der Waals surface area contributed by atoms with Gasteiger partial charge in [0, 0.05) is 50.1 Å². The first-order chi connectivity index (χ1) is 21.0. The minimum absolute atomic E-state index is 0.113. The molecule has 1 aliphatic heterocycles. The number of piperidine rings is 1. The smallest absolute Gasteiger partial charge is 0.255 e. The molecule has 1 aromatic heterocycles. The van der Waals surface area contributed by atoms with Crippen molar-refractivity contribution in [3.05, 3.63) is 89.0 Å². The van der Waals surface area contributed by atoms with Gasteiger partial charge in [0.1, 0.15) is 23.0 Å². The molecule has 0 aliphatic carbocycles. The Morgan fingerprint density at radius 2 is 1.64 bits per heavy atom. The number of furan rings is 1. The number of rotatable bonds is 7. The van der Waals surface area contributed by atoms with Crippen molar-refractivity contribution in [1.82, 2.24) is 10.2 Å². The third-order valence-corrected chi connectivity index (χ3v) is 8.91. The molecule has 0 radical (unpaired) electrons. The number of halogens is 2. The van der Waals surface area contributed by atoms with Crippen LogP contribution in [0.1, 0.15) is 54.1 Å². The van der Waals surface area contributed by atoms with Gasteiger partial charge < -0.3 is 14.6 Å². The van der Waals surface area contributed by atoms with Gasteiger partial charge in [-0.05, 0) is 66.4 Å². The number of likely N-dealkylation sites (tertiary alicyclic amines) is 1. The highest BCUT2D eigenvalue weighted by molar-refractivity contribution is 7.92. The van der Waals surface area contributed by atoms with E-state index < -0.39 is 21.7 Å². The first-order valence-electron chi connectivity index (χ1n) is 14.5. The number of amides is 2. The first kappa shape index (κ1) is 32.7. The monoisotopic (exact) mass is 625 g/mol. The van der Waals surface area contributed by atoms with E-state index in [-0.39, 0.29) is 35.4 Å². The summed E-state index contributed by atoms with van der Waals surface area (Å²) in [6.45, 7) is 4.88. The Hall–Kier alpha value is -4.25. The fourth-order valence-corrected chi connectivity index (χ4v) is 5.94. The van der Waals surface area contributed by atoms with Crippen molar-refractivity contribution in [2.45, 2.75) is 39.0 Å². The van der Waals surface area contributed by atoms with Crippen molar-refractivity contribution < 1.29 is 31.2 Å². The van der Waals surface area contributed by atoms with Crippen LogP contribution >= 0.6 is 0 Å². The average Bonchev–Trinajstić information content (AvgIpc) is 3.40. The second-order valence-electron chi connectivity index (χ2n) is 10.5. The third kappa shape index (κ3) is 6.93. The van der Waals surface area contributed by atoms with Gasteiger partial charge in [0.05, 0.1) is 23.9 Å². The van der Waals surface area contributed by atoms with E-state index in [1.807, 2.05) is 13.8 Å². The van der Waals surface area contributed by atoms with Crippen LogP contribution in [0.25, 0.3) is 22.3 Å². The number of nitrogens with one attached hydrogen (secondary N) is 1. The molecule has 1 N–H and O–H groups in total. The number of nitrogens with zero attached hydrogens (tertiary/aromatic N) is 2. The van der Waals surface area contributed by atoms with Gasteiger partial charge in [0.25, 0.3) is 5.91 Å². The first-order valence-corrected chi connectivity index (χ1v) is 16.4. The van der Waals surface area contributed by atoms with Crippen LogP contribution in [0.2, 0.25) is 0 Å². The van der Waals surface area contributed by atoms with Crippen molar-refractivity contribution in [3.8, 4) is 11.3 Å². The van der Waals surface area contributed by atoms with Gasteiger partial charge in [-0.15, -0.1) is 0 Å². The van der Waals surface area contributed by atoms with Crippen LogP contribution in [-0.4, -0.2) is 58.6 Å². The number of fused-ring (bicyclic) bond motifs is 1. The van der Waals surface area contributed by atoms with E-state index in [1.54, 1.807) is 29.2 Å². The molecule has 234 valence electrons. The number of benzene rings is 3. The van der Waals surface area contributed by atoms with Gasteiger partial charge in [0.2, 0.25) is 15.9 Å². The number of carbonyl (C=O) groups excluding carboxylic acids is 2. The maximum atomic E-state index is 13.7. The predicted octanol–water partition coefficient (Wildman–Crippen LogP) is 6.11. The molecular weight excluding hydrogens is 588 g/mol. The normalized spacial score (nSPS) is 15.0. The fraction of sp³-hybridized carbons (Fsp3) is 0.333. The van der Waals surface area contributed by atoms with Crippen LogP contribution in [0, 0.1) is 11.6 Å². The number of carbonyl (C=O) groups is 2. The quantitative estimate of drug-likeness (QED) is 0.267. The van der Waals surface area contributed by atoms with Gasteiger partial charge in [-0.1, -0.05) is 26.0 Å². The Labute approximate surface area is 256 Å². The largest absolute Gasteiger partial charge is 0.455 e. The van der Waals surface area contributed by atoms with E-state index in [1.165, 1.54) is 54.8 Å². The number of hydrogen-bond donors (Lipinski definition) is 1. The maximum absolute atomic E-state index is 13.7. The van der Waals surface area contributed by atoms with Crippen LogP contribution in [-0.2, 0) is 21.2 Å². The summed E-state index contributed by atoms with van der Waals surface area (Å²) in [5.41, 5.74) is 2.76. The van der Waals surface area contributed by atoms with Crippen LogP contribution in [0.3, 0.4) is 0 Å². The molecule has 1 atom stereocenters. The van der Waals surface area contributed by atoms with Crippen LogP contribution < -0.4 is 9.62 Å². The van der Waals surface area contributed by atoms with Crippen molar-refractivity contribution in [1.29, 1.82) is 0 Å². The highest BCUT2D eigenvalue weighted by Gasteiger charge is 2.31. The van der Waals surface area contributed by atoms with Crippen LogP contribution in [0.5, 0.6) is 0 Å². The summed E-state index contributed by atoms with van der Waals surface area (Å²) in [4.78, 5) is 28.1. The molecule has 0 saturated carbocycles. The zero-order valence-electron chi connectivity index (χ0n) is 25.5. The van der Waals surface area contributed by atoms with Gasteiger partial charge in [-0.25, -0.2) is 17.2 Å². The average molecular weight is 626 g/mol. The lowest BCUT2D eigenvalue weighted by molar-refractivity contribution is -0.131. The maximum Gasteiger partial charge on any atom is 0.255 e. The summed E-state index contributed by atoms with van der Waals surface area (Å²) in [6.07, 6.45) is 2.59. The molecule has 2 amide bonds. The van der Waals surface area contributed by atoms with E-state index in [2.05, 4.69) is 5.32 Å². The van der Waals surface area contributed by atoms with E-state index in [0.29, 0.717) is 59.3 Å². The van der Waals surface area contributed by atoms with Gasteiger partial charge in [-0.2, -0.15) is 0 Å². The molecule has 4 aromatic rings. The zero-order valence-corrected chi connectivity index (χ0v) is 26.3. The number of anilines is 1. The van der Waals surface area contributed by atoms with E-state index in [0.717, 1.165) is 6.26 Å². The molecule has 0 bridgehead atoms. The lowest BCUT2D eigenvalue weighted by Gasteiger charge is -2.35. The summed E-state index contributed by atoms with van der Waals surface area (Å²) in [7, 11) is -0.739. The lowest BCUT2D eigenvalue weighted by atomic mass is 9.87. The van der Waals surface area contributed by atoms with Crippen molar-refractivity contribution in [2.75, 3.05) is 37.7 Å². The summed E-state index contributed by atoms with van der Waals surface area (Å²) < 4.78 is 59.7. The van der Waals surface area contributed by atoms with Gasteiger partial charge in [0.15, 0.2) is 0 Å². The van der Waals surface area contributed by atoms with Crippen molar-refractivity contribution in [3.63, 3.8) is 0 Å². The minimum Gasteiger partial charge on any atom is -0.455 e. The van der Waals surface area contributed by atoms with Gasteiger partial charge >= 0.3 is 0 Å². The Morgan fingerprint density at radius 1 is 1.02 bits per heavy atom. The summed E-state index contributed by atoms with van der Waals surface area (Å²) >= 11 is 0. The summed E-state index contributed by atoms with van der Waals surface area (Å²) in [5.74, 6) is -1.34. The second-order valence-corrected chi connectivity index (χ2v) is 12.5. The third-order valence-electron chi connectivity index (χ3n) is 7.72. The number of hydrogen-bond acceptors (Lipinski definition) is 5. The molecule has 3 aromatic carbocycles. The summed E-state index contributed by atoms with van der Waals surface area (Å²) in [5, 5.41) is 3.11. The minimum atomic E-state index is -3.68. The van der Waals surface area contributed by atoms with Gasteiger partial charge in [-0.3, -0.25) is 13.9 Å². The lowest BCUT2D eigenvalue weighted by Crippen LogP contribution is -2.40. The molecule has 0 spiro atoms. The molecule has 1 aliphatic rings. The Morgan fingerprint density at radius 3 is 2.23 bits per heavy atom. The molecular formula is C33H37F2N3O5S. The second kappa shape index (κ2) is 13.6. The molecule has 1 fully saturated rings. The summed E-state index contributed by atoms with van der Waals surface area (Å²) in [6, 6.07) is 14.7. The van der Waals surface area contributed by atoms with Crippen molar-refractivity contribution in [2.24, 2.45) is 0 Å². The SMILES string of the molecule is CC.CNC(=O)c1c(-c2ccc(F)cc2)oc2cc(N(C)S(C)(=O)=O)c(C3CCCN(C(=O)Cc4ccc(F)cc4)C3)cc12. The van der Waals surface area contributed by atoms with E-state index in [9.17, 15) is 26.8 Å². The standard InChI is InChI=1S/C31H31F2N3O5S.C2H6/c1-34-31(38)29-25-16-24(21-5-4-14-36(18-21)28(37)15-19-6-10-22(32)11-7-19)26(35(2)42(3,39)40)17-27(25)41-30(29)20-8-12-23(33)13-9-20;1-2/h6-13,16-17,21H,4-5,14-15,18H2,1-3H3,(H,34,38);1-2H3. The van der Waals surface area contributed by atoms with E-state index in [4.69, 9.17) is 4.42 Å². The molecule has 1 saturated heterocycles. The highest BCUT2D eigenvalue weighted by Crippen LogP contribution is 2.42. The molecule has 1 unspecified atom stereocenters. The Balaban J connectivity index is 0.00000216. The molecule has 5 rings (SSSR count). The molecule has 44 heavy (non-hydrogen) atoms. The Kier molecular flexibility index (Phi) is 10.1. The topological polar surface area (TPSA) is 99.9 Å². The molecule has 2 heterocycles. The predicted molar refractivity (Wildman–Crippen MR) is 168 cm³/mol. The van der Waals surface area contributed by atoms with Crippen LogP contribution in [0.15, 0.2) is 65.1 Å². The zero-order chi connectivity index (χ0) is 32.2. The fourth-order valence-electron chi connectivity index (χ4n) is 5.43. The Bertz CT molecular complexity index is 1750. The van der Waals surface area contributed by atoms with E-state index >= 15 is 0 Å². The molecule has 8 nitrogen and oxygen atoms in total. The molecule has 11 heteroatoms. The number of sulfonamides is 1.